The van der Waals surface area contributed by atoms with Crippen molar-refractivity contribution in [1.82, 2.24) is 15.1 Å². The largest absolute Gasteiger partial charge is 0.491 e. The number of nitrogens with zero attached hydrogens (tertiary/aromatic N) is 3. The molecule has 0 atom stereocenters. The molecular formula is C22H22N4O2. The van der Waals surface area contributed by atoms with Crippen LogP contribution in [0.15, 0.2) is 59.1 Å². The third-order valence-electron chi connectivity index (χ3n) is 4.23. The van der Waals surface area contributed by atoms with E-state index in [9.17, 15) is 0 Å². The SMILES string of the molecule is Cc1nc(NCc2ccc(OC(C)C)cc2)c2onc(-c3ccccc3)c2n1. The lowest BCUT2D eigenvalue weighted by molar-refractivity contribution is 0.242. The van der Waals surface area contributed by atoms with E-state index < -0.39 is 0 Å². The van der Waals surface area contributed by atoms with Gasteiger partial charge in [0.25, 0.3) is 0 Å². The highest BCUT2D eigenvalue weighted by Crippen LogP contribution is 2.30. The van der Waals surface area contributed by atoms with Crippen LogP contribution in [0, 0.1) is 6.92 Å². The van der Waals surface area contributed by atoms with Crippen LogP contribution in [0.1, 0.15) is 25.2 Å². The van der Waals surface area contributed by atoms with Gasteiger partial charge in [0.2, 0.25) is 5.58 Å². The van der Waals surface area contributed by atoms with Gasteiger partial charge in [-0.3, -0.25) is 0 Å². The molecule has 0 radical (unpaired) electrons. The number of anilines is 1. The normalized spacial score (nSPS) is 11.1. The first-order chi connectivity index (χ1) is 13.6. The molecule has 4 aromatic rings. The fraction of sp³-hybridized carbons (Fsp3) is 0.227. The topological polar surface area (TPSA) is 73.1 Å². The van der Waals surface area contributed by atoms with Gasteiger partial charge >= 0.3 is 0 Å². The van der Waals surface area contributed by atoms with Gasteiger partial charge in [0, 0.05) is 12.1 Å². The van der Waals surface area contributed by atoms with Crippen LogP contribution in [0.25, 0.3) is 22.4 Å². The van der Waals surface area contributed by atoms with Gasteiger partial charge in [-0.05, 0) is 38.5 Å². The van der Waals surface area contributed by atoms with Gasteiger partial charge in [-0.1, -0.05) is 47.6 Å². The summed E-state index contributed by atoms with van der Waals surface area (Å²) in [5.74, 6) is 2.16. The number of hydrogen-bond acceptors (Lipinski definition) is 6. The molecule has 0 amide bonds. The highest BCUT2D eigenvalue weighted by atomic mass is 16.5. The zero-order valence-electron chi connectivity index (χ0n) is 16.1. The van der Waals surface area contributed by atoms with Gasteiger partial charge in [-0.15, -0.1) is 0 Å². The maximum Gasteiger partial charge on any atom is 0.228 e. The molecule has 4 rings (SSSR count). The Kier molecular flexibility index (Phi) is 4.93. The van der Waals surface area contributed by atoms with Gasteiger partial charge in [-0.2, -0.15) is 0 Å². The maximum atomic E-state index is 5.69. The number of hydrogen-bond donors (Lipinski definition) is 1. The summed E-state index contributed by atoms with van der Waals surface area (Å²) in [7, 11) is 0. The molecule has 0 spiro atoms. The summed E-state index contributed by atoms with van der Waals surface area (Å²) in [4.78, 5) is 9.04. The summed E-state index contributed by atoms with van der Waals surface area (Å²) in [6, 6.07) is 17.9. The average molecular weight is 374 g/mol. The Morgan fingerprint density at radius 1 is 1.00 bits per heavy atom. The van der Waals surface area contributed by atoms with E-state index in [-0.39, 0.29) is 6.10 Å². The van der Waals surface area contributed by atoms with Crippen molar-refractivity contribution in [2.24, 2.45) is 0 Å². The highest BCUT2D eigenvalue weighted by molar-refractivity contribution is 5.93. The van der Waals surface area contributed by atoms with Gasteiger partial charge in [0.15, 0.2) is 5.82 Å². The van der Waals surface area contributed by atoms with Crippen molar-refractivity contribution >= 4 is 16.9 Å². The molecule has 0 unspecified atom stereocenters. The summed E-state index contributed by atoms with van der Waals surface area (Å²) >= 11 is 0. The van der Waals surface area contributed by atoms with Gasteiger partial charge in [-0.25, -0.2) is 9.97 Å². The Bertz CT molecular complexity index is 1070. The number of benzene rings is 2. The van der Waals surface area contributed by atoms with E-state index in [2.05, 4.69) is 20.4 Å². The molecule has 0 saturated carbocycles. The first kappa shape index (κ1) is 18.0. The van der Waals surface area contributed by atoms with Crippen LogP contribution in [0.3, 0.4) is 0 Å². The Morgan fingerprint density at radius 3 is 2.46 bits per heavy atom. The minimum atomic E-state index is 0.159. The zero-order valence-corrected chi connectivity index (χ0v) is 16.1. The average Bonchev–Trinajstić information content (AvgIpc) is 3.11. The minimum absolute atomic E-state index is 0.159. The second kappa shape index (κ2) is 7.68. The van der Waals surface area contributed by atoms with Gasteiger partial charge in [0.1, 0.15) is 22.8 Å². The summed E-state index contributed by atoms with van der Waals surface area (Å²) < 4.78 is 11.3. The summed E-state index contributed by atoms with van der Waals surface area (Å²) in [6.07, 6.45) is 0.159. The van der Waals surface area contributed by atoms with Crippen molar-refractivity contribution in [3.63, 3.8) is 0 Å². The first-order valence-corrected chi connectivity index (χ1v) is 9.29. The number of rotatable bonds is 6. The van der Waals surface area contributed by atoms with E-state index in [1.54, 1.807) is 0 Å². The van der Waals surface area contributed by atoms with Crippen molar-refractivity contribution in [3.8, 4) is 17.0 Å². The number of aromatic nitrogens is 3. The fourth-order valence-electron chi connectivity index (χ4n) is 2.99. The van der Waals surface area contributed by atoms with Gasteiger partial charge in [0.05, 0.1) is 6.10 Å². The van der Waals surface area contributed by atoms with E-state index in [1.165, 1.54) is 0 Å². The molecule has 1 N–H and O–H groups in total. The Morgan fingerprint density at radius 2 is 1.75 bits per heavy atom. The number of aryl methyl sites for hydroxylation is 1. The smallest absolute Gasteiger partial charge is 0.228 e. The molecule has 2 heterocycles. The van der Waals surface area contributed by atoms with Crippen LogP contribution in [0.5, 0.6) is 5.75 Å². The molecule has 28 heavy (non-hydrogen) atoms. The third-order valence-corrected chi connectivity index (χ3v) is 4.23. The summed E-state index contributed by atoms with van der Waals surface area (Å²) in [5, 5.41) is 7.57. The van der Waals surface area contributed by atoms with E-state index in [0.717, 1.165) is 22.6 Å². The first-order valence-electron chi connectivity index (χ1n) is 9.29. The molecule has 0 aliphatic rings. The molecule has 0 saturated heterocycles. The maximum absolute atomic E-state index is 5.69. The fourth-order valence-corrected chi connectivity index (χ4v) is 2.99. The second-order valence-corrected chi connectivity index (χ2v) is 6.86. The van der Waals surface area contributed by atoms with E-state index in [4.69, 9.17) is 9.26 Å². The second-order valence-electron chi connectivity index (χ2n) is 6.86. The Hall–Kier alpha value is -3.41. The van der Waals surface area contributed by atoms with Crippen molar-refractivity contribution in [3.05, 3.63) is 66.0 Å². The monoisotopic (exact) mass is 374 g/mol. The predicted octanol–water partition coefficient (Wildman–Crippen LogP) is 4.99. The van der Waals surface area contributed by atoms with Gasteiger partial charge < -0.3 is 14.6 Å². The van der Waals surface area contributed by atoms with Crippen LogP contribution in [0.2, 0.25) is 0 Å². The summed E-state index contributed by atoms with van der Waals surface area (Å²) in [6.45, 7) is 6.50. The molecule has 6 heteroatoms. The van der Waals surface area contributed by atoms with Crippen LogP contribution >= 0.6 is 0 Å². The molecule has 0 aliphatic heterocycles. The number of fused-ring (bicyclic) bond motifs is 1. The van der Waals surface area contributed by atoms with Crippen LogP contribution in [-0.4, -0.2) is 21.2 Å². The van der Waals surface area contributed by atoms with Crippen molar-refractivity contribution in [1.29, 1.82) is 0 Å². The Balaban J connectivity index is 1.58. The molecule has 0 bridgehead atoms. The van der Waals surface area contributed by atoms with E-state index in [1.807, 2.05) is 75.4 Å². The molecule has 0 fully saturated rings. The molecule has 142 valence electrons. The van der Waals surface area contributed by atoms with Crippen molar-refractivity contribution in [2.75, 3.05) is 5.32 Å². The highest BCUT2D eigenvalue weighted by Gasteiger charge is 2.17. The number of nitrogens with one attached hydrogen (secondary N) is 1. The Labute approximate surface area is 163 Å². The lowest BCUT2D eigenvalue weighted by Gasteiger charge is -2.11. The molecular weight excluding hydrogens is 352 g/mol. The standard InChI is InChI=1S/C22H22N4O2/c1-14(2)27-18-11-9-16(10-12-18)13-23-22-21-20(24-15(3)25-22)19(26-28-21)17-7-5-4-6-8-17/h4-12,14H,13H2,1-3H3,(H,23,24,25). The number of ether oxygens (including phenoxy) is 1. The van der Waals surface area contributed by atoms with Crippen molar-refractivity contribution in [2.45, 2.75) is 33.4 Å². The van der Waals surface area contributed by atoms with Crippen LogP contribution in [0.4, 0.5) is 5.82 Å². The lowest BCUT2D eigenvalue weighted by Crippen LogP contribution is -2.06. The molecule has 2 aromatic heterocycles. The predicted molar refractivity (Wildman–Crippen MR) is 109 cm³/mol. The quantitative estimate of drug-likeness (QED) is 0.512. The van der Waals surface area contributed by atoms with E-state index in [0.29, 0.717) is 29.3 Å². The lowest BCUT2D eigenvalue weighted by atomic mass is 10.1. The molecule has 6 nitrogen and oxygen atoms in total. The van der Waals surface area contributed by atoms with Crippen LogP contribution in [-0.2, 0) is 6.54 Å². The molecule has 2 aromatic carbocycles. The van der Waals surface area contributed by atoms with E-state index >= 15 is 0 Å². The third kappa shape index (κ3) is 3.81. The zero-order chi connectivity index (χ0) is 19.5. The summed E-state index contributed by atoms with van der Waals surface area (Å²) in [5.41, 5.74) is 4.07. The minimum Gasteiger partial charge on any atom is -0.491 e. The molecule has 0 aliphatic carbocycles. The van der Waals surface area contributed by atoms with Crippen LogP contribution < -0.4 is 10.1 Å². The van der Waals surface area contributed by atoms with Crippen molar-refractivity contribution < 1.29 is 9.26 Å².